The summed E-state index contributed by atoms with van der Waals surface area (Å²) in [4.78, 5) is 0. The molecular weight excluding hydrogens is 429 g/mol. The Morgan fingerprint density at radius 3 is 2.17 bits per heavy atom. The van der Waals surface area contributed by atoms with Gasteiger partial charge < -0.3 is 4.55 Å². The predicted molar refractivity (Wildman–Crippen MR) is 119 cm³/mol. The molecule has 0 aromatic heterocycles. The number of rotatable bonds is 6. The number of alkyl halides is 3. The van der Waals surface area contributed by atoms with Crippen molar-refractivity contribution in [3.05, 3.63) is 88.5 Å². The van der Waals surface area contributed by atoms with E-state index in [0.717, 1.165) is 48.9 Å². The third-order valence-electron chi connectivity index (χ3n) is 5.33. The second-order valence-corrected chi connectivity index (χ2v) is 9.71. The Morgan fingerprint density at radius 1 is 0.933 bits per heavy atom. The zero-order valence-electron chi connectivity index (χ0n) is 16.4. The molecule has 0 N–H and O–H groups in total. The fourth-order valence-corrected chi connectivity index (χ4v) is 5.26. The highest BCUT2D eigenvalue weighted by atomic mass is 35.5. The normalized spacial score (nSPS) is 21.4. The van der Waals surface area contributed by atoms with Gasteiger partial charge in [0.1, 0.15) is 11.0 Å². The first kappa shape index (κ1) is 23.0. The number of hydrogen-bond acceptors (Lipinski definition) is 1. The molecule has 3 rings (SSSR count). The van der Waals surface area contributed by atoms with Gasteiger partial charge in [-0.05, 0) is 72.6 Å². The Labute approximate surface area is 183 Å². The second kappa shape index (κ2) is 10.6. The summed E-state index contributed by atoms with van der Waals surface area (Å²) in [6, 6.07) is 12.6. The lowest BCUT2D eigenvalue weighted by Gasteiger charge is -2.28. The number of halogens is 4. The molecule has 2 aromatic rings. The molecule has 6 heteroatoms. The number of hydrogen-bond donors (Lipinski definition) is 0. The van der Waals surface area contributed by atoms with Crippen LogP contribution < -0.4 is 0 Å². The van der Waals surface area contributed by atoms with E-state index in [1.54, 1.807) is 6.08 Å². The Balaban J connectivity index is 1.43. The van der Waals surface area contributed by atoms with Gasteiger partial charge in [0.05, 0.1) is 5.56 Å². The van der Waals surface area contributed by atoms with Crippen LogP contribution in [0.5, 0.6) is 0 Å². The lowest BCUT2D eigenvalue weighted by atomic mass is 9.88. The van der Waals surface area contributed by atoms with Crippen molar-refractivity contribution in [3.63, 3.8) is 0 Å². The van der Waals surface area contributed by atoms with Crippen LogP contribution in [-0.4, -0.2) is 9.80 Å². The summed E-state index contributed by atoms with van der Waals surface area (Å²) in [7, 11) is 0. The highest BCUT2D eigenvalue weighted by Crippen LogP contribution is 2.31. The maximum atomic E-state index is 12.6. The zero-order valence-corrected chi connectivity index (χ0v) is 18.0. The van der Waals surface area contributed by atoms with Gasteiger partial charge in [-0.25, -0.2) is 0 Å². The Morgan fingerprint density at radius 2 is 1.57 bits per heavy atom. The molecular formula is C24H24ClF3OS. The molecule has 1 aliphatic rings. The minimum absolute atomic E-state index is 0.230. The molecule has 2 aromatic carbocycles. The standard InChI is InChI=1S/C24H24ClF3OS/c25-22-13-7-20(8-14-22)17-30(29)23-15-9-19(10-16-23)4-2-1-3-18-5-11-21(12-6-18)24(26,27)28/h1-8,11-14,19,23H,9-10,15-17H2/b3-1+,4-2+/t19-,23-,30?. The van der Waals surface area contributed by atoms with E-state index in [0.29, 0.717) is 16.7 Å². The first-order valence-electron chi connectivity index (χ1n) is 9.95. The Kier molecular flexibility index (Phi) is 8.09. The molecule has 0 amide bonds. The third kappa shape index (κ3) is 6.93. The predicted octanol–water partition coefficient (Wildman–Crippen LogP) is 7.44. The van der Waals surface area contributed by atoms with Crippen molar-refractivity contribution in [2.45, 2.75) is 42.9 Å². The third-order valence-corrected chi connectivity index (χ3v) is 7.42. The smallest absolute Gasteiger partial charge is 0.416 e. The van der Waals surface area contributed by atoms with Crippen LogP contribution in [0.1, 0.15) is 42.4 Å². The van der Waals surface area contributed by atoms with Crippen molar-refractivity contribution in [3.8, 4) is 0 Å². The quantitative estimate of drug-likeness (QED) is 0.330. The van der Waals surface area contributed by atoms with Crippen LogP contribution in [0.15, 0.2) is 66.8 Å². The van der Waals surface area contributed by atoms with Gasteiger partial charge in [-0.15, -0.1) is 0 Å². The maximum absolute atomic E-state index is 12.6. The highest BCUT2D eigenvalue weighted by molar-refractivity contribution is 7.91. The van der Waals surface area contributed by atoms with Crippen molar-refractivity contribution >= 4 is 28.9 Å². The molecule has 1 unspecified atom stereocenters. The summed E-state index contributed by atoms with van der Waals surface area (Å²) in [6.45, 7) is 0. The molecule has 0 saturated heterocycles. The van der Waals surface area contributed by atoms with E-state index in [1.807, 2.05) is 36.4 Å². The summed E-state index contributed by atoms with van der Waals surface area (Å²) in [6.07, 6.45) is 7.32. The first-order valence-corrected chi connectivity index (χ1v) is 11.7. The van der Waals surface area contributed by atoms with E-state index in [-0.39, 0.29) is 5.25 Å². The summed E-state index contributed by atoms with van der Waals surface area (Å²) >= 11 is 5.01. The molecule has 0 bridgehead atoms. The fourth-order valence-electron chi connectivity index (χ4n) is 3.58. The molecule has 30 heavy (non-hydrogen) atoms. The lowest BCUT2D eigenvalue weighted by Crippen LogP contribution is -2.27. The summed E-state index contributed by atoms with van der Waals surface area (Å²) in [5, 5.41) is 0.914. The zero-order chi connectivity index (χ0) is 21.6. The topological polar surface area (TPSA) is 23.1 Å². The first-order chi connectivity index (χ1) is 14.3. The summed E-state index contributed by atoms with van der Waals surface area (Å²) in [5.74, 6) is 1.02. The van der Waals surface area contributed by atoms with E-state index in [2.05, 4.69) is 6.08 Å². The lowest BCUT2D eigenvalue weighted by molar-refractivity contribution is -0.137. The van der Waals surface area contributed by atoms with Crippen molar-refractivity contribution in [2.75, 3.05) is 0 Å². The van der Waals surface area contributed by atoms with Crippen LogP contribution >= 0.6 is 11.6 Å². The highest BCUT2D eigenvalue weighted by Gasteiger charge is 2.30. The Bertz CT molecular complexity index is 852. The van der Waals surface area contributed by atoms with Crippen LogP contribution in [0.4, 0.5) is 13.2 Å². The molecule has 1 aliphatic carbocycles. The largest absolute Gasteiger partial charge is 0.616 e. The SMILES string of the molecule is [O-][S+](Cc1ccc(Cl)cc1)[C@H]1CC[C@H](/C=C/C=C/c2ccc(C(F)(F)F)cc2)CC1. The van der Waals surface area contributed by atoms with Gasteiger partial charge in [0.15, 0.2) is 0 Å². The van der Waals surface area contributed by atoms with Crippen LogP contribution in [0, 0.1) is 5.92 Å². The molecule has 0 radical (unpaired) electrons. The van der Waals surface area contributed by atoms with E-state index in [1.165, 1.54) is 12.1 Å². The van der Waals surface area contributed by atoms with E-state index >= 15 is 0 Å². The molecule has 0 heterocycles. The molecule has 1 nitrogen and oxygen atoms in total. The summed E-state index contributed by atoms with van der Waals surface area (Å²) < 4.78 is 50.4. The molecule has 1 saturated carbocycles. The van der Waals surface area contributed by atoms with Gasteiger partial charge in [-0.1, -0.05) is 60.2 Å². The minimum atomic E-state index is -4.31. The molecule has 1 atom stereocenters. The van der Waals surface area contributed by atoms with Crippen molar-refractivity contribution < 1.29 is 17.7 Å². The van der Waals surface area contributed by atoms with E-state index < -0.39 is 22.9 Å². The number of benzene rings is 2. The van der Waals surface area contributed by atoms with Gasteiger partial charge in [-0.2, -0.15) is 13.2 Å². The van der Waals surface area contributed by atoms with Gasteiger partial charge in [0.2, 0.25) is 0 Å². The van der Waals surface area contributed by atoms with Crippen molar-refractivity contribution in [2.24, 2.45) is 5.92 Å². The minimum Gasteiger partial charge on any atom is -0.616 e. The van der Waals surface area contributed by atoms with Crippen LogP contribution in [0.3, 0.4) is 0 Å². The average molecular weight is 453 g/mol. The van der Waals surface area contributed by atoms with E-state index in [4.69, 9.17) is 11.6 Å². The molecule has 0 aliphatic heterocycles. The van der Waals surface area contributed by atoms with E-state index in [9.17, 15) is 17.7 Å². The Hall–Kier alpha value is -1.69. The average Bonchev–Trinajstić information content (AvgIpc) is 2.73. The van der Waals surface area contributed by atoms with Crippen molar-refractivity contribution in [1.82, 2.24) is 0 Å². The van der Waals surface area contributed by atoms with Crippen LogP contribution in [0.25, 0.3) is 6.08 Å². The van der Waals surface area contributed by atoms with Crippen LogP contribution in [-0.2, 0) is 23.1 Å². The monoisotopic (exact) mass is 452 g/mol. The molecule has 1 fully saturated rings. The van der Waals surface area contributed by atoms with Crippen LogP contribution in [0.2, 0.25) is 5.02 Å². The molecule has 0 spiro atoms. The van der Waals surface area contributed by atoms with Crippen molar-refractivity contribution in [1.29, 1.82) is 0 Å². The second-order valence-electron chi connectivity index (χ2n) is 7.55. The van der Waals surface area contributed by atoms with Gasteiger partial charge in [0, 0.05) is 10.6 Å². The maximum Gasteiger partial charge on any atom is 0.416 e. The van der Waals surface area contributed by atoms with Gasteiger partial charge in [-0.3, -0.25) is 0 Å². The van der Waals surface area contributed by atoms with Gasteiger partial charge in [0.25, 0.3) is 0 Å². The fraction of sp³-hybridized carbons (Fsp3) is 0.333. The van der Waals surface area contributed by atoms with Gasteiger partial charge >= 0.3 is 6.18 Å². The number of allylic oxidation sites excluding steroid dienone is 3. The molecule has 160 valence electrons. The summed E-state index contributed by atoms with van der Waals surface area (Å²) in [5.41, 5.74) is 1.14.